The molecule has 1 fully saturated rings. The predicted octanol–water partition coefficient (Wildman–Crippen LogP) is 2.25. The molecule has 3 atom stereocenters. The molecule has 2 heterocycles. The average Bonchev–Trinajstić information content (AvgIpc) is 3.31. The second-order valence-corrected chi connectivity index (χ2v) is 8.29. The average molecular weight is 480 g/mol. The van der Waals surface area contributed by atoms with Gasteiger partial charge >= 0.3 is 6.03 Å². The molecule has 2 aromatic rings. The minimum Gasteiger partial charge on any atom is -0.497 e. The molecule has 10 nitrogen and oxygen atoms in total. The van der Waals surface area contributed by atoms with Crippen LogP contribution in [0.3, 0.4) is 0 Å². The van der Waals surface area contributed by atoms with Crippen LogP contribution in [0.25, 0.3) is 0 Å². The maximum absolute atomic E-state index is 12.4. The third-order valence-corrected chi connectivity index (χ3v) is 6.25. The molecular formula is C25H29N5O5. The summed E-state index contributed by atoms with van der Waals surface area (Å²) in [6, 6.07) is 14.8. The van der Waals surface area contributed by atoms with E-state index >= 15 is 0 Å². The molecule has 3 unspecified atom stereocenters. The number of urea groups is 1. The Kier molecular flexibility index (Phi) is 7.13. The van der Waals surface area contributed by atoms with Crippen LogP contribution < -0.4 is 14.8 Å². The molecule has 0 bridgehead atoms. The summed E-state index contributed by atoms with van der Waals surface area (Å²) in [7, 11) is 8.19. The second-order valence-electron chi connectivity index (χ2n) is 8.29. The highest BCUT2D eigenvalue weighted by Gasteiger charge is 2.40. The fourth-order valence-electron chi connectivity index (χ4n) is 4.17. The van der Waals surface area contributed by atoms with E-state index in [1.165, 1.54) is 7.05 Å². The molecule has 4 rings (SSSR count). The van der Waals surface area contributed by atoms with Gasteiger partial charge in [-0.25, -0.2) is 14.8 Å². The quantitative estimate of drug-likeness (QED) is 0.583. The topological polar surface area (TPSA) is 105 Å². The lowest BCUT2D eigenvalue weighted by Gasteiger charge is -2.27. The van der Waals surface area contributed by atoms with Gasteiger partial charge in [-0.1, -0.05) is 24.3 Å². The number of carbonyl (C=O) groups is 2. The Labute approximate surface area is 204 Å². The lowest BCUT2D eigenvalue weighted by molar-refractivity contribution is -0.119. The van der Waals surface area contributed by atoms with Gasteiger partial charge in [0.05, 0.1) is 26.0 Å². The largest absolute Gasteiger partial charge is 0.497 e. The molecule has 1 saturated heterocycles. The molecular weight excluding hydrogens is 450 g/mol. The second kappa shape index (κ2) is 10.2. The molecule has 2 aliphatic heterocycles. The van der Waals surface area contributed by atoms with Gasteiger partial charge in [-0.3, -0.25) is 19.9 Å². The number of methoxy groups -OCH3 is 3. The number of benzene rings is 2. The summed E-state index contributed by atoms with van der Waals surface area (Å²) >= 11 is 0. The van der Waals surface area contributed by atoms with Gasteiger partial charge in [-0.2, -0.15) is 0 Å². The van der Waals surface area contributed by atoms with E-state index in [0.717, 1.165) is 33.2 Å². The summed E-state index contributed by atoms with van der Waals surface area (Å²) in [5.41, 5.74) is 2.77. The van der Waals surface area contributed by atoms with Crippen molar-refractivity contribution in [2.75, 3.05) is 35.4 Å². The Morgan fingerprint density at radius 1 is 0.971 bits per heavy atom. The van der Waals surface area contributed by atoms with Gasteiger partial charge in [0.1, 0.15) is 17.6 Å². The Morgan fingerprint density at radius 3 is 2.09 bits per heavy atom. The maximum atomic E-state index is 12.4. The third kappa shape index (κ3) is 4.89. The van der Waals surface area contributed by atoms with Gasteiger partial charge in [0.2, 0.25) is 0 Å². The SMILES string of the molecule is COc1ccc(CC2C(C(OC)c3ccc(OC)cc3)=NC(N=C3NC(=O)N(C)C3=O)N2C)cc1. The van der Waals surface area contributed by atoms with E-state index in [1.807, 2.05) is 60.5 Å². The lowest BCUT2D eigenvalue weighted by Crippen LogP contribution is -2.41. The fraction of sp³-hybridized carbons (Fsp3) is 0.360. The van der Waals surface area contributed by atoms with E-state index in [4.69, 9.17) is 19.2 Å². The fourth-order valence-corrected chi connectivity index (χ4v) is 4.17. The number of carbonyl (C=O) groups excluding carboxylic acids is 2. The van der Waals surface area contributed by atoms with Crippen molar-refractivity contribution < 1.29 is 23.8 Å². The third-order valence-electron chi connectivity index (χ3n) is 6.25. The highest BCUT2D eigenvalue weighted by atomic mass is 16.5. The molecule has 0 radical (unpaired) electrons. The standard InChI is InChI=1S/C25H29N5O5/c1-29-19(14-15-6-10-17(33-3)11-7-15)20(21(35-5)16-8-12-18(34-4)13-9-16)26-24(29)27-22-23(31)30(2)25(32)28-22/h6-13,19,21,24H,14H2,1-5H3,(H,27,28,32). The molecule has 0 saturated carbocycles. The molecule has 1 N–H and O–H groups in total. The van der Waals surface area contributed by atoms with Crippen molar-refractivity contribution in [2.24, 2.45) is 9.98 Å². The molecule has 0 aromatic heterocycles. The molecule has 2 aromatic carbocycles. The molecule has 35 heavy (non-hydrogen) atoms. The molecule has 3 amide bonds. The van der Waals surface area contributed by atoms with Crippen LogP contribution in [0.1, 0.15) is 17.2 Å². The van der Waals surface area contributed by atoms with Crippen LogP contribution in [0.15, 0.2) is 58.5 Å². The van der Waals surface area contributed by atoms with Crippen LogP contribution in [0, 0.1) is 0 Å². The van der Waals surface area contributed by atoms with Gasteiger partial charge in [0.15, 0.2) is 12.1 Å². The first-order chi connectivity index (χ1) is 16.9. The van der Waals surface area contributed by atoms with Crippen molar-refractivity contribution in [3.63, 3.8) is 0 Å². The molecule has 0 spiro atoms. The van der Waals surface area contributed by atoms with E-state index < -0.39 is 24.3 Å². The number of hydrogen-bond donors (Lipinski definition) is 1. The van der Waals surface area contributed by atoms with E-state index in [9.17, 15) is 9.59 Å². The zero-order valence-electron chi connectivity index (χ0n) is 20.4. The number of imide groups is 1. The number of amides is 3. The highest BCUT2D eigenvalue weighted by Crippen LogP contribution is 2.31. The van der Waals surface area contributed by atoms with Gasteiger partial charge < -0.3 is 14.2 Å². The summed E-state index contributed by atoms with van der Waals surface area (Å²) in [4.78, 5) is 36.6. The number of ether oxygens (including phenoxy) is 3. The minimum atomic E-state index is -0.699. The molecule has 0 aliphatic carbocycles. The van der Waals surface area contributed by atoms with Crippen molar-refractivity contribution >= 4 is 23.5 Å². The number of aliphatic imine (C=N–C) groups is 2. The van der Waals surface area contributed by atoms with Crippen LogP contribution in [0.4, 0.5) is 4.79 Å². The first-order valence-corrected chi connectivity index (χ1v) is 11.1. The summed E-state index contributed by atoms with van der Waals surface area (Å²) in [5, 5.41) is 2.51. The minimum absolute atomic E-state index is 0.0269. The predicted molar refractivity (Wildman–Crippen MR) is 131 cm³/mol. The van der Waals surface area contributed by atoms with Gasteiger partial charge in [0.25, 0.3) is 5.91 Å². The molecule has 2 aliphatic rings. The number of nitrogens with zero attached hydrogens (tertiary/aromatic N) is 4. The maximum Gasteiger partial charge on any atom is 0.329 e. The number of hydrogen-bond acceptors (Lipinski definition) is 8. The zero-order valence-corrected chi connectivity index (χ0v) is 20.4. The van der Waals surface area contributed by atoms with Gasteiger partial charge in [-0.15, -0.1) is 0 Å². The van der Waals surface area contributed by atoms with Crippen LogP contribution in [-0.2, 0) is 16.0 Å². The number of amidine groups is 1. The van der Waals surface area contributed by atoms with Crippen molar-refractivity contribution in [3.8, 4) is 11.5 Å². The smallest absolute Gasteiger partial charge is 0.329 e. The van der Waals surface area contributed by atoms with E-state index in [0.29, 0.717) is 6.42 Å². The normalized spacial score (nSPS) is 22.4. The molecule has 184 valence electrons. The number of rotatable bonds is 8. The van der Waals surface area contributed by atoms with Crippen molar-refractivity contribution in [1.29, 1.82) is 0 Å². The van der Waals surface area contributed by atoms with E-state index in [2.05, 4.69) is 10.3 Å². The summed E-state index contributed by atoms with van der Waals surface area (Å²) < 4.78 is 16.5. The molecule has 10 heteroatoms. The number of nitrogens with one attached hydrogen (secondary N) is 1. The van der Waals surface area contributed by atoms with Crippen LogP contribution >= 0.6 is 0 Å². The van der Waals surface area contributed by atoms with Crippen LogP contribution in [0.2, 0.25) is 0 Å². The van der Waals surface area contributed by atoms with Crippen LogP contribution in [-0.4, -0.2) is 81.0 Å². The van der Waals surface area contributed by atoms with Crippen molar-refractivity contribution in [3.05, 3.63) is 59.7 Å². The van der Waals surface area contributed by atoms with E-state index in [1.54, 1.807) is 21.3 Å². The van der Waals surface area contributed by atoms with Gasteiger partial charge in [0, 0.05) is 14.2 Å². The zero-order chi connectivity index (χ0) is 25.1. The Bertz CT molecular complexity index is 1150. The van der Waals surface area contributed by atoms with Crippen molar-refractivity contribution in [2.45, 2.75) is 24.9 Å². The Balaban J connectivity index is 1.69. The summed E-state index contributed by atoms with van der Waals surface area (Å²) in [5.74, 6) is 1.00. The summed E-state index contributed by atoms with van der Waals surface area (Å²) in [6.45, 7) is 0. The first-order valence-electron chi connectivity index (χ1n) is 11.1. The van der Waals surface area contributed by atoms with Gasteiger partial charge in [-0.05, 0) is 48.9 Å². The number of likely N-dealkylation sites (N-methyl/N-ethyl adjacent to an activating group) is 2. The summed E-state index contributed by atoms with van der Waals surface area (Å²) in [6.07, 6.45) is -0.500. The monoisotopic (exact) mass is 479 g/mol. The van der Waals surface area contributed by atoms with Crippen molar-refractivity contribution in [1.82, 2.24) is 15.1 Å². The first kappa shape index (κ1) is 24.4. The highest BCUT2D eigenvalue weighted by molar-refractivity contribution is 6.47. The lowest BCUT2D eigenvalue weighted by atomic mass is 9.94. The Hall–Kier alpha value is -3.76. The Morgan fingerprint density at radius 2 is 1.57 bits per heavy atom. The van der Waals surface area contributed by atoms with Crippen LogP contribution in [0.5, 0.6) is 11.5 Å². The van der Waals surface area contributed by atoms with E-state index in [-0.39, 0.29) is 11.9 Å².